The van der Waals surface area contributed by atoms with Crippen molar-refractivity contribution in [2.75, 3.05) is 13.1 Å². The summed E-state index contributed by atoms with van der Waals surface area (Å²) in [6.07, 6.45) is 2.06. The van der Waals surface area contributed by atoms with E-state index in [1.807, 2.05) is 11.8 Å². The number of rotatable bonds is 8. The van der Waals surface area contributed by atoms with Crippen molar-refractivity contribution >= 4 is 23.2 Å². The molecule has 1 fully saturated rings. The number of hydrogen-bond acceptors (Lipinski definition) is 5. The lowest BCUT2D eigenvalue weighted by molar-refractivity contribution is -0.139. The summed E-state index contributed by atoms with van der Waals surface area (Å²) in [6.45, 7) is 2.64. The number of thiazole rings is 1. The molecule has 1 saturated carbocycles. The van der Waals surface area contributed by atoms with Gasteiger partial charge in [-0.3, -0.25) is 14.5 Å². The summed E-state index contributed by atoms with van der Waals surface area (Å²) in [6, 6.07) is 6.48. The van der Waals surface area contributed by atoms with Crippen LogP contribution in [0.15, 0.2) is 29.6 Å². The Morgan fingerprint density at radius 2 is 2.04 bits per heavy atom. The fourth-order valence-corrected chi connectivity index (χ4v) is 4.02. The van der Waals surface area contributed by atoms with Crippen LogP contribution in [0.4, 0.5) is 4.39 Å². The fourth-order valence-electron chi connectivity index (χ4n) is 3.21. The molecule has 0 spiro atoms. The molecule has 2 N–H and O–H groups in total. The highest BCUT2D eigenvalue weighted by Gasteiger charge is 2.35. The molecule has 1 aliphatic carbocycles. The average molecular weight is 391 g/mol. The number of carbonyl (C=O) groups excluding carboxylic acids is 1. The smallest absolute Gasteiger partial charge is 0.317 e. The normalized spacial score (nSPS) is 18.9. The molecular formula is C19H22FN3O3S. The van der Waals surface area contributed by atoms with E-state index in [1.165, 1.54) is 23.5 Å². The molecule has 0 radical (unpaired) electrons. The van der Waals surface area contributed by atoms with Crippen molar-refractivity contribution in [1.82, 2.24) is 15.2 Å². The van der Waals surface area contributed by atoms with E-state index in [-0.39, 0.29) is 30.4 Å². The van der Waals surface area contributed by atoms with Gasteiger partial charge in [0.25, 0.3) is 5.91 Å². The van der Waals surface area contributed by atoms with E-state index in [1.54, 1.807) is 17.5 Å². The quantitative estimate of drug-likeness (QED) is 0.723. The van der Waals surface area contributed by atoms with E-state index in [4.69, 9.17) is 5.11 Å². The van der Waals surface area contributed by atoms with Crippen LogP contribution in [-0.2, 0) is 11.2 Å². The highest BCUT2D eigenvalue weighted by molar-refractivity contribution is 7.09. The van der Waals surface area contributed by atoms with E-state index in [2.05, 4.69) is 10.3 Å². The van der Waals surface area contributed by atoms with Crippen molar-refractivity contribution in [2.24, 2.45) is 0 Å². The van der Waals surface area contributed by atoms with Gasteiger partial charge in [-0.15, -0.1) is 11.3 Å². The Morgan fingerprint density at radius 1 is 1.33 bits per heavy atom. The first kappa shape index (κ1) is 19.4. The number of nitrogens with one attached hydrogen (secondary N) is 1. The number of halogens is 1. The van der Waals surface area contributed by atoms with Crippen LogP contribution in [0.3, 0.4) is 0 Å². The fraction of sp³-hybridized carbons (Fsp3) is 0.421. The molecule has 27 heavy (non-hydrogen) atoms. The highest BCUT2D eigenvalue weighted by atomic mass is 32.1. The van der Waals surface area contributed by atoms with Crippen molar-refractivity contribution in [1.29, 1.82) is 0 Å². The van der Waals surface area contributed by atoms with Crippen LogP contribution in [0.1, 0.15) is 40.8 Å². The Bertz CT molecular complexity index is 803. The lowest BCUT2D eigenvalue weighted by Gasteiger charge is -2.42. The van der Waals surface area contributed by atoms with Crippen molar-refractivity contribution < 1.29 is 19.1 Å². The van der Waals surface area contributed by atoms with Crippen LogP contribution in [0.25, 0.3) is 0 Å². The molecule has 1 aromatic carbocycles. The van der Waals surface area contributed by atoms with E-state index in [0.717, 1.165) is 23.4 Å². The van der Waals surface area contributed by atoms with Gasteiger partial charge in [-0.1, -0.05) is 19.1 Å². The molecule has 0 atom stereocenters. The van der Waals surface area contributed by atoms with E-state index in [0.29, 0.717) is 18.7 Å². The van der Waals surface area contributed by atoms with Gasteiger partial charge in [0.05, 0.1) is 11.6 Å². The van der Waals surface area contributed by atoms with Gasteiger partial charge in [0.15, 0.2) is 0 Å². The minimum absolute atomic E-state index is 0.0284. The molecule has 0 aliphatic heterocycles. The summed E-state index contributed by atoms with van der Waals surface area (Å²) < 4.78 is 13.0. The van der Waals surface area contributed by atoms with Crippen LogP contribution < -0.4 is 5.32 Å². The first-order valence-electron chi connectivity index (χ1n) is 8.90. The van der Waals surface area contributed by atoms with E-state index < -0.39 is 5.97 Å². The molecule has 1 aliphatic rings. The molecule has 6 nitrogen and oxygen atoms in total. The number of aliphatic carboxylic acids is 1. The Morgan fingerprint density at radius 3 is 2.67 bits per heavy atom. The molecule has 144 valence electrons. The Labute approximate surface area is 161 Å². The summed E-state index contributed by atoms with van der Waals surface area (Å²) in [7, 11) is 0. The number of nitrogens with zero attached hydrogens (tertiary/aromatic N) is 2. The maximum absolute atomic E-state index is 13.0. The van der Waals surface area contributed by atoms with Crippen LogP contribution in [0, 0.1) is 5.82 Å². The zero-order chi connectivity index (χ0) is 19.4. The molecule has 2 aromatic rings. The number of amides is 1. The summed E-state index contributed by atoms with van der Waals surface area (Å²) >= 11 is 1.41. The topological polar surface area (TPSA) is 82.5 Å². The number of carboxylic acids is 1. The van der Waals surface area contributed by atoms with Crippen LogP contribution in [0.5, 0.6) is 0 Å². The lowest BCUT2D eigenvalue weighted by Crippen LogP contribution is -2.54. The third-order valence-corrected chi connectivity index (χ3v) is 5.61. The van der Waals surface area contributed by atoms with Crippen molar-refractivity contribution in [3.8, 4) is 0 Å². The lowest BCUT2D eigenvalue weighted by atomic mass is 9.85. The molecule has 3 rings (SSSR count). The number of benzene rings is 1. The molecule has 1 heterocycles. The molecule has 0 bridgehead atoms. The molecule has 1 amide bonds. The highest BCUT2D eigenvalue weighted by Crippen LogP contribution is 2.26. The second-order valence-electron chi connectivity index (χ2n) is 6.68. The molecule has 1 aromatic heterocycles. The van der Waals surface area contributed by atoms with Crippen LogP contribution >= 0.6 is 11.3 Å². The molecule has 0 saturated heterocycles. The predicted molar refractivity (Wildman–Crippen MR) is 100 cm³/mol. The summed E-state index contributed by atoms with van der Waals surface area (Å²) in [5.74, 6) is -1.32. The van der Waals surface area contributed by atoms with Gasteiger partial charge in [0, 0.05) is 23.9 Å². The van der Waals surface area contributed by atoms with Gasteiger partial charge in [0.2, 0.25) is 0 Å². The number of carboxylic acid groups (broad SMARTS) is 1. The van der Waals surface area contributed by atoms with Gasteiger partial charge < -0.3 is 10.4 Å². The number of likely N-dealkylation sites (N-methyl/N-ethyl adjacent to an activating group) is 1. The standard InChI is InChI=1S/C19H22FN3O3S/c1-2-23(10-18(24)25)15-8-14(9-15)21-19(26)16-11-27-17(22-16)7-12-3-5-13(20)6-4-12/h3-6,11,14-15H,2,7-10H2,1H3,(H,21,26)(H,24,25). The molecule has 8 heteroatoms. The van der Waals surface area contributed by atoms with E-state index >= 15 is 0 Å². The van der Waals surface area contributed by atoms with Crippen LogP contribution in [-0.4, -0.2) is 52.0 Å². The van der Waals surface area contributed by atoms with Gasteiger partial charge in [-0.25, -0.2) is 9.37 Å². The van der Waals surface area contributed by atoms with Gasteiger partial charge in [-0.05, 0) is 37.1 Å². The van der Waals surface area contributed by atoms with Crippen molar-refractivity contribution in [2.45, 2.75) is 38.3 Å². The van der Waals surface area contributed by atoms with Crippen molar-refractivity contribution in [3.05, 3.63) is 51.7 Å². The first-order valence-corrected chi connectivity index (χ1v) is 9.78. The summed E-state index contributed by atoms with van der Waals surface area (Å²) in [5, 5.41) is 14.4. The van der Waals surface area contributed by atoms with E-state index in [9.17, 15) is 14.0 Å². The minimum atomic E-state index is -0.833. The predicted octanol–water partition coefficient (Wildman–Crippen LogP) is 2.54. The van der Waals surface area contributed by atoms with Crippen LogP contribution in [0.2, 0.25) is 0 Å². The molecular weight excluding hydrogens is 369 g/mol. The number of hydrogen-bond donors (Lipinski definition) is 2. The minimum Gasteiger partial charge on any atom is -0.480 e. The number of carbonyl (C=O) groups is 2. The molecule has 0 unspecified atom stereocenters. The third kappa shape index (κ3) is 5.11. The SMILES string of the molecule is CCN(CC(=O)O)C1CC(NC(=O)c2csc(Cc3ccc(F)cc3)n2)C1. The Kier molecular flexibility index (Phi) is 6.18. The first-order chi connectivity index (χ1) is 12.9. The largest absolute Gasteiger partial charge is 0.480 e. The zero-order valence-corrected chi connectivity index (χ0v) is 15.8. The zero-order valence-electron chi connectivity index (χ0n) is 15.0. The maximum Gasteiger partial charge on any atom is 0.317 e. The summed E-state index contributed by atoms with van der Waals surface area (Å²) in [4.78, 5) is 29.5. The number of aromatic nitrogens is 1. The van der Waals surface area contributed by atoms with Gasteiger partial charge in [-0.2, -0.15) is 0 Å². The van der Waals surface area contributed by atoms with Crippen molar-refractivity contribution in [3.63, 3.8) is 0 Å². The second kappa shape index (κ2) is 8.58. The maximum atomic E-state index is 13.0. The monoisotopic (exact) mass is 391 g/mol. The second-order valence-corrected chi connectivity index (χ2v) is 7.62. The Hall–Kier alpha value is -2.32. The van der Waals surface area contributed by atoms with Gasteiger partial charge >= 0.3 is 5.97 Å². The Balaban J connectivity index is 1.49. The average Bonchev–Trinajstić information content (AvgIpc) is 3.06. The van der Waals surface area contributed by atoms with Gasteiger partial charge in [0.1, 0.15) is 11.5 Å². The summed E-state index contributed by atoms with van der Waals surface area (Å²) in [5.41, 5.74) is 1.33. The third-order valence-electron chi connectivity index (χ3n) is 4.76.